The van der Waals surface area contributed by atoms with Crippen LogP contribution < -0.4 is 4.74 Å². The minimum atomic E-state index is -0.612. The van der Waals surface area contributed by atoms with Crippen LogP contribution in [0.2, 0.25) is 0 Å². The molecule has 0 radical (unpaired) electrons. The number of benzene rings is 2. The van der Waals surface area contributed by atoms with Crippen molar-refractivity contribution in [2.75, 3.05) is 19.7 Å². The molecule has 1 aromatic heterocycles. The summed E-state index contributed by atoms with van der Waals surface area (Å²) in [7, 11) is 0. The topological polar surface area (TPSA) is 59.8 Å². The number of hydrogen-bond donors (Lipinski definition) is 1. The van der Waals surface area contributed by atoms with Crippen molar-refractivity contribution in [1.29, 1.82) is 0 Å². The number of ether oxygens (including phenoxy) is 2. The molecule has 0 aliphatic carbocycles. The van der Waals surface area contributed by atoms with Gasteiger partial charge in [0.15, 0.2) is 11.6 Å². The SMILES string of the molecule is CCCN(Cc1c(CC)nn(-c2ccccc2)c1Oc1ccccc1F)C[C@H](O)COC(C)C. The molecule has 3 rings (SSSR count). The van der Waals surface area contributed by atoms with Crippen molar-refractivity contribution in [2.24, 2.45) is 0 Å². The lowest BCUT2D eigenvalue weighted by atomic mass is 10.1. The molecular weight excluding hydrogens is 433 g/mol. The Kier molecular flexibility index (Phi) is 9.62. The summed E-state index contributed by atoms with van der Waals surface area (Å²) in [6.07, 6.45) is 1.07. The first kappa shape index (κ1) is 25.9. The zero-order valence-electron chi connectivity index (χ0n) is 20.6. The Morgan fingerprint density at radius 2 is 1.76 bits per heavy atom. The standard InChI is InChI=1S/C27H36FN3O3/c1-5-16-30(17-22(32)19-33-20(3)4)18-23-25(6-2)29-31(21-12-8-7-9-13-21)27(23)34-26-15-11-10-14-24(26)28/h7-15,20,22,32H,5-6,16-19H2,1-4H3/t22-/m0/s1. The third kappa shape index (κ3) is 6.88. The van der Waals surface area contributed by atoms with Crippen LogP contribution in [-0.2, 0) is 17.7 Å². The van der Waals surface area contributed by atoms with Crippen LogP contribution in [0.1, 0.15) is 45.4 Å². The Labute approximate surface area is 201 Å². The second kappa shape index (κ2) is 12.6. The minimum absolute atomic E-state index is 0.0610. The molecule has 2 aromatic carbocycles. The van der Waals surface area contributed by atoms with E-state index in [0.717, 1.165) is 29.9 Å². The molecule has 0 aliphatic heterocycles. The Balaban J connectivity index is 1.98. The molecule has 0 unspecified atom stereocenters. The molecule has 184 valence electrons. The highest BCUT2D eigenvalue weighted by Crippen LogP contribution is 2.33. The van der Waals surface area contributed by atoms with E-state index in [9.17, 15) is 9.50 Å². The van der Waals surface area contributed by atoms with Crippen LogP contribution in [0.15, 0.2) is 54.6 Å². The predicted molar refractivity (Wildman–Crippen MR) is 132 cm³/mol. The van der Waals surface area contributed by atoms with Gasteiger partial charge in [0.2, 0.25) is 5.88 Å². The average Bonchev–Trinajstić information content (AvgIpc) is 3.17. The Morgan fingerprint density at radius 1 is 1.06 bits per heavy atom. The van der Waals surface area contributed by atoms with Crippen molar-refractivity contribution in [2.45, 2.75) is 59.3 Å². The molecular formula is C27H36FN3O3. The summed E-state index contributed by atoms with van der Waals surface area (Å²) in [5, 5.41) is 15.4. The molecule has 0 saturated heterocycles. The van der Waals surface area contributed by atoms with E-state index in [0.29, 0.717) is 25.4 Å². The van der Waals surface area contributed by atoms with E-state index in [4.69, 9.17) is 14.6 Å². The first-order valence-corrected chi connectivity index (χ1v) is 12.0. The summed E-state index contributed by atoms with van der Waals surface area (Å²) in [4.78, 5) is 2.17. The van der Waals surface area contributed by atoms with E-state index < -0.39 is 11.9 Å². The van der Waals surface area contributed by atoms with Gasteiger partial charge in [-0.1, -0.05) is 44.2 Å². The molecule has 0 fully saturated rings. The predicted octanol–water partition coefficient (Wildman–Crippen LogP) is 5.36. The summed E-state index contributed by atoms with van der Waals surface area (Å²) in [6, 6.07) is 16.1. The molecule has 1 N–H and O–H groups in total. The van der Waals surface area contributed by atoms with Crippen LogP contribution in [0.4, 0.5) is 4.39 Å². The van der Waals surface area contributed by atoms with Gasteiger partial charge in [0, 0.05) is 13.1 Å². The van der Waals surface area contributed by atoms with Crippen molar-refractivity contribution in [3.8, 4) is 17.3 Å². The maximum atomic E-state index is 14.5. The zero-order chi connectivity index (χ0) is 24.5. The Bertz CT molecular complexity index is 1020. The summed E-state index contributed by atoms with van der Waals surface area (Å²) < 4.78 is 28.0. The van der Waals surface area contributed by atoms with Crippen LogP contribution in [0.25, 0.3) is 5.69 Å². The van der Waals surface area contributed by atoms with Crippen molar-refractivity contribution in [3.05, 3.63) is 71.7 Å². The molecule has 1 atom stereocenters. The van der Waals surface area contributed by atoms with Crippen LogP contribution in [0.3, 0.4) is 0 Å². The fraction of sp³-hybridized carbons (Fsp3) is 0.444. The van der Waals surface area contributed by atoms with Gasteiger partial charge >= 0.3 is 0 Å². The quantitative estimate of drug-likeness (QED) is 0.365. The van der Waals surface area contributed by atoms with Crippen LogP contribution in [-0.4, -0.2) is 51.7 Å². The van der Waals surface area contributed by atoms with Gasteiger partial charge in [0.1, 0.15) is 0 Å². The van der Waals surface area contributed by atoms with Gasteiger partial charge in [-0.15, -0.1) is 0 Å². The Hall–Kier alpha value is -2.74. The molecule has 6 nitrogen and oxygen atoms in total. The summed E-state index contributed by atoms with van der Waals surface area (Å²) in [5.74, 6) is 0.206. The third-order valence-corrected chi connectivity index (χ3v) is 5.41. The third-order valence-electron chi connectivity index (χ3n) is 5.41. The molecule has 1 heterocycles. The fourth-order valence-corrected chi connectivity index (χ4v) is 3.83. The van der Waals surface area contributed by atoms with Gasteiger partial charge in [0.25, 0.3) is 0 Å². The number of rotatable bonds is 13. The Morgan fingerprint density at radius 3 is 2.41 bits per heavy atom. The van der Waals surface area contributed by atoms with Crippen LogP contribution in [0.5, 0.6) is 11.6 Å². The number of hydrogen-bond acceptors (Lipinski definition) is 5. The highest BCUT2D eigenvalue weighted by atomic mass is 19.1. The van der Waals surface area contributed by atoms with Crippen LogP contribution >= 0.6 is 0 Å². The molecule has 0 bridgehead atoms. The average molecular weight is 470 g/mol. The molecule has 0 saturated carbocycles. The van der Waals surface area contributed by atoms with Crippen molar-refractivity contribution in [3.63, 3.8) is 0 Å². The molecule has 0 aliphatic rings. The van der Waals surface area contributed by atoms with Gasteiger partial charge in [-0.2, -0.15) is 5.10 Å². The number of para-hydroxylation sites is 2. The number of aliphatic hydroxyl groups excluding tert-OH is 1. The van der Waals surface area contributed by atoms with Crippen molar-refractivity contribution in [1.82, 2.24) is 14.7 Å². The van der Waals surface area contributed by atoms with Crippen LogP contribution in [0, 0.1) is 5.82 Å². The lowest BCUT2D eigenvalue weighted by Crippen LogP contribution is -2.35. The largest absolute Gasteiger partial charge is 0.435 e. The summed E-state index contributed by atoms with van der Waals surface area (Å²) in [6.45, 7) is 10.1. The highest BCUT2D eigenvalue weighted by molar-refractivity contribution is 5.44. The number of aryl methyl sites for hydroxylation is 1. The molecule has 0 amide bonds. The normalized spacial score (nSPS) is 12.5. The van der Waals surface area contributed by atoms with Crippen molar-refractivity contribution >= 4 is 0 Å². The summed E-state index contributed by atoms with van der Waals surface area (Å²) in [5.41, 5.74) is 2.60. The highest BCUT2D eigenvalue weighted by Gasteiger charge is 2.24. The van der Waals surface area contributed by atoms with Gasteiger partial charge < -0.3 is 14.6 Å². The molecule has 0 spiro atoms. The van der Waals surface area contributed by atoms with E-state index in [-0.39, 0.29) is 18.5 Å². The smallest absolute Gasteiger partial charge is 0.227 e. The molecule has 7 heteroatoms. The van der Waals surface area contributed by atoms with Gasteiger partial charge in [0.05, 0.1) is 35.8 Å². The number of nitrogens with zero attached hydrogens (tertiary/aromatic N) is 3. The lowest BCUT2D eigenvalue weighted by molar-refractivity contribution is -0.00958. The van der Waals surface area contributed by atoms with E-state index in [1.807, 2.05) is 51.1 Å². The first-order chi connectivity index (χ1) is 16.4. The minimum Gasteiger partial charge on any atom is -0.435 e. The monoisotopic (exact) mass is 469 g/mol. The second-order valence-electron chi connectivity index (χ2n) is 8.63. The van der Waals surface area contributed by atoms with E-state index in [1.54, 1.807) is 22.9 Å². The van der Waals surface area contributed by atoms with E-state index in [2.05, 4.69) is 11.8 Å². The van der Waals surface area contributed by atoms with Gasteiger partial charge in [-0.25, -0.2) is 9.07 Å². The maximum Gasteiger partial charge on any atom is 0.227 e. The number of halogens is 1. The fourth-order valence-electron chi connectivity index (χ4n) is 3.83. The summed E-state index contributed by atoms with van der Waals surface area (Å²) >= 11 is 0. The number of aromatic nitrogens is 2. The lowest BCUT2D eigenvalue weighted by Gasteiger charge is -2.25. The van der Waals surface area contributed by atoms with Gasteiger partial charge in [-0.05, 0) is 57.5 Å². The van der Waals surface area contributed by atoms with Gasteiger partial charge in [-0.3, -0.25) is 4.90 Å². The molecule has 3 aromatic rings. The number of aliphatic hydroxyl groups is 1. The maximum absolute atomic E-state index is 14.5. The van der Waals surface area contributed by atoms with E-state index in [1.165, 1.54) is 6.07 Å². The first-order valence-electron chi connectivity index (χ1n) is 12.0. The van der Waals surface area contributed by atoms with E-state index >= 15 is 0 Å². The van der Waals surface area contributed by atoms with Crippen molar-refractivity contribution < 1.29 is 19.0 Å². The molecule has 34 heavy (non-hydrogen) atoms. The zero-order valence-corrected chi connectivity index (χ0v) is 20.6. The second-order valence-corrected chi connectivity index (χ2v) is 8.63.